The van der Waals surface area contributed by atoms with Gasteiger partial charge in [0.15, 0.2) is 0 Å². The first-order valence-corrected chi connectivity index (χ1v) is 5.43. The Hall–Kier alpha value is -0.300. The summed E-state index contributed by atoms with van der Waals surface area (Å²) in [5.41, 5.74) is 7.48. The second-order valence-electron chi connectivity index (χ2n) is 5.14. The normalized spacial score (nSPS) is 23.0. The van der Waals surface area contributed by atoms with E-state index in [1.807, 2.05) is 0 Å². The third-order valence-corrected chi connectivity index (χ3v) is 3.38. The van der Waals surface area contributed by atoms with Crippen molar-refractivity contribution in [3.63, 3.8) is 0 Å². The van der Waals surface area contributed by atoms with E-state index in [1.165, 1.54) is 31.3 Å². The lowest BCUT2D eigenvalue weighted by Crippen LogP contribution is -2.22. The molecule has 0 unspecified atom stereocenters. The zero-order chi connectivity index (χ0) is 9.90. The molecule has 0 spiro atoms. The van der Waals surface area contributed by atoms with Crippen LogP contribution in [0.5, 0.6) is 0 Å². The van der Waals surface area contributed by atoms with E-state index in [2.05, 4.69) is 20.4 Å². The maximum Gasteiger partial charge on any atom is -0.00399 e. The van der Waals surface area contributed by atoms with Crippen molar-refractivity contribution in [2.75, 3.05) is 6.54 Å². The van der Waals surface area contributed by atoms with Crippen molar-refractivity contribution >= 4 is 0 Å². The maximum absolute atomic E-state index is 5.53. The molecule has 0 amide bonds. The lowest BCUT2D eigenvalue weighted by atomic mass is 9.71. The number of nitrogens with two attached hydrogens (primary N) is 1. The average Bonchev–Trinajstić information content (AvgIpc) is 2.04. The summed E-state index contributed by atoms with van der Waals surface area (Å²) >= 11 is 0. The number of hydrogen-bond acceptors (Lipinski definition) is 1. The molecule has 0 aliphatic heterocycles. The Morgan fingerprint density at radius 2 is 1.92 bits per heavy atom. The molecule has 0 aromatic rings. The second-order valence-corrected chi connectivity index (χ2v) is 5.14. The van der Waals surface area contributed by atoms with E-state index in [9.17, 15) is 0 Å². The molecular formula is C12H23N. The highest BCUT2D eigenvalue weighted by Crippen LogP contribution is 2.40. The lowest BCUT2D eigenvalue weighted by molar-refractivity contribution is 0.207. The van der Waals surface area contributed by atoms with E-state index in [-0.39, 0.29) is 0 Å². The van der Waals surface area contributed by atoms with Gasteiger partial charge in [0.25, 0.3) is 0 Å². The lowest BCUT2D eigenvalue weighted by Gasteiger charge is -2.35. The number of hydrogen-bond donors (Lipinski definition) is 1. The molecule has 0 saturated heterocycles. The van der Waals surface area contributed by atoms with Crippen LogP contribution < -0.4 is 5.73 Å². The maximum atomic E-state index is 5.53. The van der Waals surface area contributed by atoms with Gasteiger partial charge in [0.2, 0.25) is 0 Å². The first-order valence-electron chi connectivity index (χ1n) is 5.43. The van der Waals surface area contributed by atoms with E-state index in [1.54, 1.807) is 0 Å². The van der Waals surface area contributed by atoms with Crippen LogP contribution in [0.25, 0.3) is 0 Å². The first kappa shape index (κ1) is 10.8. The van der Waals surface area contributed by atoms with Crippen molar-refractivity contribution in [3.05, 3.63) is 12.2 Å². The van der Waals surface area contributed by atoms with Gasteiger partial charge in [-0.3, -0.25) is 0 Å². The van der Waals surface area contributed by atoms with Gasteiger partial charge < -0.3 is 5.73 Å². The van der Waals surface area contributed by atoms with Crippen LogP contribution in [0.1, 0.15) is 46.0 Å². The van der Waals surface area contributed by atoms with Gasteiger partial charge in [-0.15, -0.1) is 0 Å². The minimum absolute atomic E-state index is 0.569. The largest absolute Gasteiger partial charge is 0.330 e. The van der Waals surface area contributed by atoms with Crippen molar-refractivity contribution < 1.29 is 0 Å². The molecule has 1 fully saturated rings. The molecule has 76 valence electrons. The highest BCUT2D eigenvalue weighted by molar-refractivity contribution is 5.03. The summed E-state index contributed by atoms with van der Waals surface area (Å²) in [4.78, 5) is 0. The minimum atomic E-state index is 0.569. The predicted molar refractivity (Wildman–Crippen MR) is 58.6 cm³/mol. The SMILES string of the molecule is C=C(CCN)C1CCC(C)(C)CC1. The molecule has 1 nitrogen and oxygen atoms in total. The molecule has 1 rings (SSSR count). The molecule has 2 N–H and O–H groups in total. The smallest absolute Gasteiger partial charge is 0.00399 e. The summed E-state index contributed by atoms with van der Waals surface area (Å²) in [5, 5.41) is 0. The van der Waals surface area contributed by atoms with E-state index in [4.69, 9.17) is 5.73 Å². The molecular weight excluding hydrogens is 158 g/mol. The molecule has 0 radical (unpaired) electrons. The van der Waals surface area contributed by atoms with Gasteiger partial charge in [0.1, 0.15) is 0 Å². The van der Waals surface area contributed by atoms with Crippen molar-refractivity contribution in [2.24, 2.45) is 17.1 Å². The number of rotatable bonds is 3. The van der Waals surface area contributed by atoms with Gasteiger partial charge in [0.05, 0.1) is 0 Å². The summed E-state index contributed by atoms with van der Waals surface area (Å²) < 4.78 is 0. The van der Waals surface area contributed by atoms with Crippen molar-refractivity contribution in [2.45, 2.75) is 46.0 Å². The first-order chi connectivity index (χ1) is 6.05. The predicted octanol–water partition coefficient (Wildman–Crippen LogP) is 3.11. The van der Waals surface area contributed by atoms with Crippen LogP contribution in [0.15, 0.2) is 12.2 Å². The van der Waals surface area contributed by atoms with Gasteiger partial charge in [-0.25, -0.2) is 0 Å². The van der Waals surface area contributed by atoms with Gasteiger partial charge in [-0.05, 0) is 50.0 Å². The van der Waals surface area contributed by atoms with Crippen LogP contribution in [0.3, 0.4) is 0 Å². The van der Waals surface area contributed by atoms with E-state index in [0.717, 1.165) is 18.9 Å². The second kappa shape index (κ2) is 4.28. The summed E-state index contributed by atoms with van der Waals surface area (Å²) in [5.74, 6) is 0.761. The van der Waals surface area contributed by atoms with E-state index in [0.29, 0.717) is 5.41 Å². The Morgan fingerprint density at radius 1 is 1.38 bits per heavy atom. The fourth-order valence-electron chi connectivity index (χ4n) is 2.20. The van der Waals surface area contributed by atoms with Crippen LogP contribution in [-0.4, -0.2) is 6.54 Å². The van der Waals surface area contributed by atoms with Crippen molar-refractivity contribution in [3.8, 4) is 0 Å². The third kappa shape index (κ3) is 3.15. The Labute approximate surface area is 82.4 Å². The third-order valence-electron chi connectivity index (χ3n) is 3.38. The highest BCUT2D eigenvalue weighted by atomic mass is 14.5. The molecule has 1 heteroatoms. The van der Waals surface area contributed by atoms with E-state index < -0.39 is 0 Å². The van der Waals surface area contributed by atoms with Gasteiger partial charge in [-0.2, -0.15) is 0 Å². The molecule has 1 aliphatic rings. The molecule has 0 atom stereocenters. The van der Waals surface area contributed by atoms with Crippen LogP contribution in [0, 0.1) is 11.3 Å². The Morgan fingerprint density at radius 3 is 2.38 bits per heavy atom. The monoisotopic (exact) mass is 181 g/mol. The van der Waals surface area contributed by atoms with Crippen LogP contribution >= 0.6 is 0 Å². The summed E-state index contributed by atoms with van der Waals surface area (Å²) in [7, 11) is 0. The van der Waals surface area contributed by atoms with Crippen molar-refractivity contribution in [1.29, 1.82) is 0 Å². The minimum Gasteiger partial charge on any atom is -0.330 e. The summed E-state index contributed by atoms with van der Waals surface area (Å²) in [6, 6.07) is 0. The van der Waals surface area contributed by atoms with Crippen LogP contribution in [0.2, 0.25) is 0 Å². The van der Waals surface area contributed by atoms with Gasteiger partial charge in [-0.1, -0.05) is 26.0 Å². The molecule has 0 heterocycles. The standard InChI is InChI=1S/C12H23N/c1-10(6-9-13)11-4-7-12(2,3)8-5-11/h11H,1,4-9,13H2,2-3H3. The Bertz CT molecular complexity index is 172. The summed E-state index contributed by atoms with van der Waals surface area (Å²) in [6.07, 6.45) is 6.37. The molecule has 0 aromatic heterocycles. The molecule has 1 aliphatic carbocycles. The highest BCUT2D eigenvalue weighted by Gasteiger charge is 2.27. The molecule has 0 bridgehead atoms. The van der Waals surface area contributed by atoms with Crippen molar-refractivity contribution in [1.82, 2.24) is 0 Å². The van der Waals surface area contributed by atoms with Crippen LogP contribution in [-0.2, 0) is 0 Å². The quantitative estimate of drug-likeness (QED) is 0.665. The zero-order valence-corrected chi connectivity index (χ0v) is 9.10. The molecule has 1 saturated carbocycles. The molecule has 0 aromatic carbocycles. The Kier molecular flexibility index (Phi) is 3.55. The van der Waals surface area contributed by atoms with E-state index >= 15 is 0 Å². The Balaban J connectivity index is 2.36. The fraction of sp³-hybridized carbons (Fsp3) is 0.833. The van der Waals surface area contributed by atoms with Crippen LogP contribution in [0.4, 0.5) is 0 Å². The average molecular weight is 181 g/mol. The van der Waals surface area contributed by atoms with Gasteiger partial charge >= 0.3 is 0 Å². The fourth-order valence-corrected chi connectivity index (χ4v) is 2.20. The summed E-state index contributed by atoms with van der Waals surface area (Å²) in [6.45, 7) is 9.64. The molecule has 13 heavy (non-hydrogen) atoms. The van der Waals surface area contributed by atoms with Gasteiger partial charge in [0, 0.05) is 0 Å². The topological polar surface area (TPSA) is 26.0 Å². The zero-order valence-electron chi connectivity index (χ0n) is 9.10.